The minimum absolute atomic E-state index is 0.0739. The molecule has 0 saturated carbocycles. The number of hydrogen-bond acceptors (Lipinski definition) is 8. The van der Waals surface area contributed by atoms with Crippen molar-refractivity contribution in [3.63, 3.8) is 0 Å². The zero-order chi connectivity index (χ0) is 16.5. The Labute approximate surface area is 126 Å². The third kappa shape index (κ3) is 2.57. The third-order valence-corrected chi connectivity index (χ3v) is 3.58. The number of hydrogen-bond donors (Lipinski definition) is 4. The van der Waals surface area contributed by atoms with Crippen molar-refractivity contribution in [3.8, 4) is 11.8 Å². The first-order valence-corrected chi connectivity index (χ1v) is 6.67. The molecule has 2 heterocycles. The largest absolute Gasteiger partial charge is 0.396 e. The van der Waals surface area contributed by atoms with Crippen LogP contribution in [0.1, 0.15) is 20.1 Å². The molecule has 1 saturated heterocycles. The molecule has 0 aliphatic carbocycles. The van der Waals surface area contributed by atoms with Gasteiger partial charge in [0.1, 0.15) is 5.82 Å². The predicted molar refractivity (Wildman–Crippen MR) is 75.3 cm³/mol. The molecule has 0 radical (unpaired) electrons. The number of aromatic nitrogens is 3. The number of nitrogen functional groups attached to an aromatic ring is 1. The van der Waals surface area contributed by atoms with Crippen LogP contribution in [0.5, 0.6) is 0 Å². The highest BCUT2D eigenvalue weighted by Crippen LogP contribution is 2.42. The number of aliphatic hydroxyl groups excluding tert-OH is 2. The Hall–Kier alpha value is -1.99. The molecule has 1 aliphatic rings. The first kappa shape index (κ1) is 16.4. The standard InChI is InChI=1S/C13H18N4O5/c1-3-4-13(21)8(6-18)10(7(2)19)22-11(13)17-12(20)16-9(14)5-15-17/h5,7-8,10-11,18-19,21H,6H2,1-2H3,(H2,14,16,20)/t7-,8?,10-,11-,13?/m1/s1. The summed E-state index contributed by atoms with van der Waals surface area (Å²) in [6.45, 7) is 2.46. The zero-order valence-corrected chi connectivity index (χ0v) is 12.2. The summed E-state index contributed by atoms with van der Waals surface area (Å²) in [5, 5.41) is 34.0. The molecule has 22 heavy (non-hydrogen) atoms. The fraction of sp³-hybridized carbons (Fsp3) is 0.615. The van der Waals surface area contributed by atoms with Crippen molar-refractivity contribution in [1.82, 2.24) is 14.8 Å². The number of aliphatic hydroxyl groups is 3. The summed E-state index contributed by atoms with van der Waals surface area (Å²) in [4.78, 5) is 15.5. The molecule has 1 aliphatic heterocycles. The molecule has 2 rings (SSSR count). The molecule has 0 amide bonds. The Morgan fingerprint density at radius 1 is 1.64 bits per heavy atom. The van der Waals surface area contributed by atoms with Crippen LogP contribution in [0.25, 0.3) is 0 Å². The van der Waals surface area contributed by atoms with Crippen LogP contribution < -0.4 is 11.4 Å². The molecular formula is C13H18N4O5. The van der Waals surface area contributed by atoms with Gasteiger partial charge in [0.25, 0.3) is 0 Å². The molecule has 1 aromatic heterocycles. The zero-order valence-electron chi connectivity index (χ0n) is 12.2. The van der Waals surface area contributed by atoms with E-state index >= 15 is 0 Å². The monoisotopic (exact) mass is 310 g/mol. The molecule has 9 heteroatoms. The van der Waals surface area contributed by atoms with E-state index in [2.05, 4.69) is 21.9 Å². The lowest BCUT2D eigenvalue weighted by Gasteiger charge is -2.28. The SMILES string of the molecule is CC#CC1(O)C(CO)[C@@H]([C@@H](C)O)O[C@H]1n1ncc(N)nc1=O. The fourth-order valence-corrected chi connectivity index (χ4v) is 2.59. The summed E-state index contributed by atoms with van der Waals surface area (Å²) in [7, 11) is 0. The minimum atomic E-state index is -1.90. The summed E-state index contributed by atoms with van der Waals surface area (Å²) < 4.78 is 6.36. The van der Waals surface area contributed by atoms with Gasteiger partial charge in [-0.05, 0) is 13.8 Å². The molecule has 5 N–H and O–H groups in total. The van der Waals surface area contributed by atoms with Crippen LogP contribution in [-0.4, -0.2) is 54.5 Å². The fourth-order valence-electron chi connectivity index (χ4n) is 2.59. The number of rotatable bonds is 3. The molecule has 0 aromatic carbocycles. The van der Waals surface area contributed by atoms with Gasteiger partial charge in [0.05, 0.1) is 30.9 Å². The third-order valence-electron chi connectivity index (χ3n) is 3.58. The highest BCUT2D eigenvalue weighted by molar-refractivity contribution is 5.23. The molecule has 2 unspecified atom stereocenters. The Bertz CT molecular complexity index is 664. The maximum absolute atomic E-state index is 11.9. The van der Waals surface area contributed by atoms with Crippen molar-refractivity contribution >= 4 is 5.82 Å². The van der Waals surface area contributed by atoms with E-state index in [0.717, 1.165) is 10.9 Å². The minimum Gasteiger partial charge on any atom is -0.396 e. The topological polar surface area (TPSA) is 144 Å². The van der Waals surface area contributed by atoms with Crippen LogP contribution in [0.3, 0.4) is 0 Å². The van der Waals surface area contributed by atoms with Crippen molar-refractivity contribution in [2.45, 2.75) is 37.9 Å². The number of anilines is 1. The van der Waals surface area contributed by atoms with Gasteiger partial charge in [0.2, 0.25) is 0 Å². The van der Waals surface area contributed by atoms with Crippen molar-refractivity contribution in [1.29, 1.82) is 0 Å². The Balaban J connectivity index is 2.57. The average molecular weight is 310 g/mol. The number of ether oxygens (including phenoxy) is 1. The van der Waals surface area contributed by atoms with Crippen LogP contribution >= 0.6 is 0 Å². The molecule has 0 bridgehead atoms. The molecule has 1 aromatic rings. The van der Waals surface area contributed by atoms with E-state index in [0.29, 0.717) is 0 Å². The highest BCUT2D eigenvalue weighted by atomic mass is 16.6. The first-order chi connectivity index (χ1) is 10.3. The summed E-state index contributed by atoms with van der Waals surface area (Å²) >= 11 is 0. The smallest absolute Gasteiger partial charge is 0.368 e. The van der Waals surface area contributed by atoms with E-state index in [4.69, 9.17) is 10.5 Å². The summed E-state index contributed by atoms with van der Waals surface area (Å²) in [5.41, 5.74) is 2.65. The molecule has 1 fully saturated rings. The van der Waals surface area contributed by atoms with Crippen molar-refractivity contribution in [3.05, 3.63) is 16.7 Å². The van der Waals surface area contributed by atoms with Crippen LogP contribution in [0, 0.1) is 17.8 Å². The molecule has 5 atom stereocenters. The summed E-state index contributed by atoms with van der Waals surface area (Å²) in [6.07, 6.45) is -2.11. The normalized spacial score (nSPS) is 32.3. The number of nitrogens with two attached hydrogens (primary N) is 1. The van der Waals surface area contributed by atoms with Gasteiger partial charge in [-0.15, -0.1) is 5.92 Å². The first-order valence-electron chi connectivity index (χ1n) is 6.67. The van der Waals surface area contributed by atoms with Crippen LogP contribution in [0.4, 0.5) is 5.82 Å². The van der Waals surface area contributed by atoms with Gasteiger partial charge in [-0.2, -0.15) is 14.8 Å². The van der Waals surface area contributed by atoms with E-state index in [1.807, 2.05) is 0 Å². The molecule has 0 spiro atoms. The Kier molecular flexibility index (Phi) is 4.48. The van der Waals surface area contributed by atoms with Crippen molar-refractivity contribution in [2.24, 2.45) is 5.92 Å². The van der Waals surface area contributed by atoms with Gasteiger partial charge in [0.15, 0.2) is 11.8 Å². The second-order valence-electron chi connectivity index (χ2n) is 5.09. The number of nitrogens with zero attached hydrogens (tertiary/aromatic N) is 3. The second-order valence-corrected chi connectivity index (χ2v) is 5.09. The van der Waals surface area contributed by atoms with Gasteiger partial charge < -0.3 is 25.8 Å². The highest BCUT2D eigenvalue weighted by Gasteiger charge is 2.57. The lowest BCUT2D eigenvalue weighted by atomic mass is 9.84. The van der Waals surface area contributed by atoms with Crippen LogP contribution in [0.2, 0.25) is 0 Å². The van der Waals surface area contributed by atoms with Gasteiger partial charge in [-0.1, -0.05) is 5.92 Å². The van der Waals surface area contributed by atoms with E-state index < -0.39 is 42.3 Å². The van der Waals surface area contributed by atoms with Gasteiger partial charge in [-0.25, -0.2) is 4.79 Å². The maximum atomic E-state index is 11.9. The van der Waals surface area contributed by atoms with E-state index in [1.54, 1.807) is 0 Å². The predicted octanol–water partition coefficient (Wildman–Crippen LogP) is -2.14. The lowest BCUT2D eigenvalue weighted by Crippen LogP contribution is -2.47. The maximum Gasteiger partial charge on any atom is 0.368 e. The second kappa shape index (κ2) is 6.02. The molecule has 120 valence electrons. The molecule has 9 nitrogen and oxygen atoms in total. The van der Waals surface area contributed by atoms with E-state index in [1.165, 1.54) is 13.8 Å². The van der Waals surface area contributed by atoms with Gasteiger partial charge >= 0.3 is 5.69 Å². The van der Waals surface area contributed by atoms with Crippen LogP contribution in [-0.2, 0) is 4.74 Å². The van der Waals surface area contributed by atoms with Crippen molar-refractivity contribution in [2.75, 3.05) is 12.3 Å². The lowest BCUT2D eigenvalue weighted by molar-refractivity contribution is -0.0945. The van der Waals surface area contributed by atoms with E-state index in [9.17, 15) is 20.1 Å². The van der Waals surface area contributed by atoms with Gasteiger partial charge in [0, 0.05) is 0 Å². The Morgan fingerprint density at radius 3 is 2.82 bits per heavy atom. The van der Waals surface area contributed by atoms with Crippen molar-refractivity contribution < 1.29 is 20.1 Å². The van der Waals surface area contributed by atoms with E-state index in [-0.39, 0.29) is 5.82 Å². The summed E-state index contributed by atoms with van der Waals surface area (Å²) in [5.74, 6) is 4.10. The summed E-state index contributed by atoms with van der Waals surface area (Å²) in [6, 6.07) is 0. The quantitative estimate of drug-likeness (QED) is 0.463. The van der Waals surface area contributed by atoms with Crippen LogP contribution in [0.15, 0.2) is 11.0 Å². The molecular weight excluding hydrogens is 292 g/mol. The van der Waals surface area contributed by atoms with Gasteiger partial charge in [-0.3, -0.25) is 0 Å². The Morgan fingerprint density at radius 2 is 2.32 bits per heavy atom. The average Bonchev–Trinajstić information content (AvgIpc) is 2.72.